The zero-order valence-corrected chi connectivity index (χ0v) is 15.6. The first-order chi connectivity index (χ1) is 9.27. The van der Waals surface area contributed by atoms with E-state index < -0.39 is 0 Å². The zero-order valence-electron chi connectivity index (χ0n) is 12.4. The van der Waals surface area contributed by atoms with Gasteiger partial charge in [-0.25, -0.2) is 4.39 Å². The van der Waals surface area contributed by atoms with E-state index in [2.05, 4.69) is 52.6 Å². The predicted octanol–water partition coefficient (Wildman–Crippen LogP) is 6.36. The molecule has 3 heteroatoms. The minimum absolute atomic E-state index is 0.174. The van der Waals surface area contributed by atoms with Crippen LogP contribution >= 0.6 is 31.9 Å². The van der Waals surface area contributed by atoms with Crippen LogP contribution in [0.5, 0.6) is 0 Å². The van der Waals surface area contributed by atoms with E-state index in [1.807, 2.05) is 6.07 Å². The maximum Gasteiger partial charge on any atom is 0.124 e. The van der Waals surface area contributed by atoms with Crippen molar-refractivity contribution in [3.05, 3.63) is 34.1 Å². The molecule has 1 aliphatic carbocycles. The van der Waals surface area contributed by atoms with Crippen molar-refractivity contribution < 1.29 is 4.39 Å². The normalized spacial score (nSPS) is 27.6. The fourth-order valence-electron chi connectivity index (χ4n) is 3.19. The Morgan fingerprint density at radius 1 is 1.25 bits per heavy atom. The molecule has 1 saturated carbocycles. The van der Waals surface area contributed by atoms with E-state index in [0.29, 0.717) is 16.2 Å². The first kappa shape index (κ1) is 16.5. The second-order valence-corrected chi connectivity index (χ2v) is 9.12. The summed E-state index contributed by atoms with van der Waals surface area (Å²) in [6.07, 6.45) is 4.82. The van der Waals surface area contributed by atoms with Gasteiger partial charge in [0.1, 0.15) is 5.82 Å². The lowest BCUT2D eigenvalue weighted by Gasteiger charge is -2.40. The average molecular weight is 406 g/mol. The maximum atomic E-state index is 13.2. The third-order valence-corrected chi connectivity index (χ3v) is 6.56. The summed E-state index contributed by atoms with van der Waals surface area (Å²) in [5.41, 5.74) is 1.60. The molecule has 3 unspecified atom stereocenters. The van der Waals surface area contributed by atoms with Crippen molar-refractivity contribution in [2.45, 2.75) is 51.3 Å². The molecule has 0 nitrogen and oxygen atoms in total. The van der Waals surface area contributed by atoms with E-state index in [1.54, 1.807) is 12.1 Å². The molecule has 0 spiro atoms. The molecule has 0 radical (unpaired) electrons. The molecule has 0 heterocycles. The monoisotopic (exact) mass is 404 g/mol. The van der Waals surface area contributed by atoms with Gasteiger partial charge in [0.05, 0.1) is 0 Å². The van der Waals surface area contributed by atoms with Crippen molar-refractivity contribution in [2.24, 2.45) is 17.3 Å². The lowest BCUT2D eigenvalue weighted by Crippen LogP contribution is -2.33. The quantitative estimate of drug-likeness (QED) is 0.502. The smallest absolute Gasteiger partial charge is 0.124 e. The van der Waals surface area contributed by atoms with E-state index in [9.17, 15) is 4.39 Å². The largest absolute Gasteiger partial charge is 0.207 e. The first-order valence-electron chi connectivity index (χ1n) is 7.35. The maximum absolute atomic E-state index is 13.2. The Kier molecular flexibility index (Phi) is 5.34. The van der Waals surface area contributed by atoms with E-state index in [4.69, 9.17) is 0 Å². The van der Waals surface area contributed by atoms with Gasteiger partial charge < -0.3 is 0 Å². The molecule has 0 amide bonds. The average Bonchev–Trinajstić information content (AvgIpc) is 2.33. The van der Waals surface area contributed by atoms with Crippen LogP contribution in [-0.2, 0) is 6.42 Å². The second-order valence-electron chi connectivity index (χ2n) is 7.09. The van der Waals surface area contributed by atoms with E-state index in [-0.39, 0.29) is 5.82 Å². The first-order valence-corrected chi connectivity index (χ1v) is 9.06. The van der Waals surface area contributed by atoms with Crippen LogP contribution in [0, 0.1) is 23.1 Å². The molecule has 20 heavy (non-hydrogen) atoms. The Hall–Kier alpha value is 0.110. The van der Waals surface area contributed by atoms with Crippen LogP contribution in [0.15, 0.2) is 22.7 Å². The van der Waals surface area contributed by atoms with E-state index >= 15 is 0 Å². The molecule has 2 rings (SSSR count). The molecule has 0 N–H and O–H groups in total. The van der Waals surface area contributed by atoms with Crippen molar-refractivity contribution in [2.75, 3.05) is 0 Å². The van der Waals surface area contributed by atoms with Gasteiger partial charge in [0, 0.05) is 9.30 Å². The minimum atomic E-state index is -0.174. The number of halogens is 3. The van der Waals surface area contributed by atoms with Crippen molar-refractivity contribution in [3.8, 4) is 0 Å². The third kappa shape index (κ3) is 4.07. The van der Waals surface area contributed by atoms with Gasteiger partial charge >= 0.3 is 0 Å². The molecule has 1 aliphatic rings. The molecular formula is C17H23Br2F. The van der Waals surface area contributed by atoms with Crippen molar-refractivity contribution in [1.82, 2.24) is 0 Å². The molecular weight excluding hydrogens is 383 g/mol. The van der Waals surface area contributed by atoms with Crippen LogP contribution in [-0.4, -0.2) is 4.83 Å². The highest BCUT2D eigenvalue weighted by Crippen LogP contribution is 2.44. The van der Waals surface area contributed by atoms with Crippen LogP contribution < -0.4 is 0 Å². The molecule has 1 aromatic rings. The summed E-state index contributed by atoms with van der Waals surface area (Å²) < 4.78 is 14.1. The van der Waals surface area contributed by atoms with Gasteiger partial charge in [0.25, 0.3) is 0 Å². The van der Waals surface area contributed by atoms with Crippen LogP contribution in [0.3, 0.4) is 0 Å². The molecule has 0 aliphatic heterocycles. The van der Waals surface area contributed by atoms with Crippen LogP contribution in [0.4, 0.5) is 4.39 Å². The number of hydrogen-bond donors (Lipinski definition) is 0. The molecule has 3 atom stereocenters. The van der Waals surface area contributed by atoms with Gasteiger partial charge in [-0.05, 0) is 60.6 Å². The fraction of sp³-hybridized carbons (Fsp3) is 0.647. The number of hydrogen-bond acceptors (Lipinski definition) is 0. The van der Waals surface area contributed by atoms with Crippen molar-refractivity contribution in [3.63, 3.8) is 0 Å². The highest BCUT2D eigenvalue weighted by molar-refractivity contribution is 9.10. The number of alkyl halides is 1. The number of rotatable bonds is 2. The molecule has 0 saturated heterocycles. The Bertz CT molecular complexity index is 465. The number of benzene rings is 1. The SMILES string of the molecule is CC(C)(C)C1CCC(Br)C(Cc2ccc(F)cc2Br)C1. The summed E-state index contributed by atoms with van der Waals surface area (Å²) in [5, 5.41) is 0. The fourth-order valence-corrected chi connectivity index (χ4v) is 4.37. The molecule has 0 bridgehead atoms. The molecule has 0 aromatic heterocycles. The van der Waals surface area contributed by atoms with Gasteiger partial charge in [0.15, 0.2) is 0 Å². The van der Waals surface area contributed by atoms with Gasteiger partial charge in [-0.2, -0.15) is 0 Å². The summed E-state index contributed by atoms with van der Waals surface area (Å²) in [6.45, 7) is 7.03. The van der Waals surface area contributed by atoms with Crippen molar-refractivity contribution in [1.29, 1.82) is 0 Å². The highest BCUT2D eigenvalue weighted by atomic mass is 79.9. The predicted molar refractivity (Wildman–Crippen MR) is 90.8 cm³/mol. The van der Waals surface area contributed by atoms with E-state index in [0.717, 1.165) is 16.8 Å². The topological polar surface area (TPSA) is 0 Å². The van der Waals surface area contributed by atoms with Gasteiger partial charge in [-0.1, -0.05) is 58.7 Å². The Morgan fingerprint density at radius 3 is 2.55 bits per heavy atom. The van der Waals surface area contributed by atoms with Gasteiger partial charge in [0.2, 0.25) is 0 Å². The Labute approximate surface area is 138 Å². The summed E-state index contributed by atoms with van der Waals surface area (Å²) in [5.74, 6) is 1.24. The summed E-state index contributed by atoms with van der Waals surface area (Å²) in [6, 6.07) is 5.05. The van der Waals surface area contributed by atoms with Gasteiger partial charge in [-0.3, -0.25) is 0 Å². The lowest BCUT2D eigenvalue weighted by molar-refractivity contribution is 0.146. The van der Waals surface area contributed by atoms with Crippen molar-refractivity contribution >= 4 is 31.9 Å². The molecule has 1 fully saturated rings. The Morgan fingerprint density at radius 2 is 1.95 bits per heavy atom. The minimum Gasteiger partial charge on any atom is -0.207 e. The summed E-state index contributed by atoms with van der Waals surface area (Å²) in [4.78, 5) is 0.582. The zero-order chi connectivity index (χ0) is 14.9. The molecule has 1 aromatic carbocycles. The molecule has 112 valence electrons. The Balaban J connectivity index is 2.10. The van der Waals surface area contributed by atoms with Crippen LogP contribution in [0.1, 0.15) is 45.6 Å². The summed E-state index contributed by atoms with van der Waals surface area (Å²) >= 11 is 7.35. The third-order valence-electron chi connectivity index (χ3n) is 4.61. The highest BCUT2D eigenvalue weighted by Gasteiger charge is 2.34. The van der Waals surface area contributed by atoms with Gasteiger partial charge in [-0.15, -0.1) is 0 Å². The second kappa shape index (κ2) is 6.48. The van der Waals surface area contributed by atoms with Crippen LogP contribution in [0.2, 0.25) is 0 Å². The summed E-state index contributed by atoms with van der Waals surface area (Å²) in [7, 11) is 0. The van der Waals surface area contributed by atoms with E-state index in [1.165, 1.54) is 24.8 Å². The standard InChI is InChI=1S/C17H23Br2F/c1-17(2,3)13-5-7-15(18)12(9-13)8-11-4-6-14(20)10-16(11)19/h4,6,10,12-13,15H,5,7-9H2,1-3H3. The lowest BCUT2D eigenvalue weighted by atomic mass is 9.68. The van der Waals surface area contributed by atoms with Crippen LogP contribution in [0.25, 0.3) is 0 Å².